The van der Waals surface area contributed by atoms with Crippen LogP contribution in [-0.4, -0.2) is 30.0 Å². The number of benzene rings is 2. The van der Waals surface area contributed by atoms with Crippen LogP contribution in [0, 0.1) is 11.3 Å². The highest BCUT2D eigenvalue weighted by atomic mass is 35.5. The summed E-state index contributed by atoms with van der Waals surface area (Å²) in [5, 5.41) is 11.3. The van der Waals surface area contributed by atoms with E-state index in [-0.39, 0.29) is 18.2 Å². The number of carbonyl (C=O) groups is 1. The third-order valence-electron chi connectivity index (χ3n) is 5.08. The fraction of sp³-hybridized carbons (Fsp3) is 0.273. The molecule has 29 heavy (non-hydrogen) atoms. The number of nitriles is 1. The van der Waals surface area contributed by atoms with Crippen LogP contribution >= 0.6 is 23.4 Å². The monoisotopic (exact) mass is 425 g/mol. The molecule has 1 atom stereocenters. The van der Waals surface area contributed by atoms with Crippen molar-refractivity contribution in [2.45, 2.75) is 19.3 Å². The largest absolute Gasteiger partial charge is 0.494 e. The van der Waals surface area contributed by atoms with Crippen LogP contribution in [0.15, 0.2) is 59.1 Å². The average molecular weight is 426 g/mol. The van der Waals surface area contributed by atoms with E-state index in [0.29, 0.717) is 29.7 Å². The zero-order chi connectivity index (χ0) is 20.4. The zero-order valence-electron chi connectivity index (χ0n) is 16.0. The van der Waals surface area contributed by atoms with Crippen molar-refractivity contribution < 1.29 is 9.53 Å². The van der Waals surface area contributed by atoms with Gasteiger partial charge in [-0.3, -0.25) is 9.69 Å². The Kier molecular flexibility index (Phi) is 5.70. The second-order valence-corrected chi connectivity index (χ2v) is 8.21. The molecule has 0 unspecified atom stereocenters. The van der Waals surface area contributed by atoms with Gasteiger partial charge < -0.3 is 9.64 Å². The van der Waals surface area contributed by atoms with Crippen molar-refractivity contribution in [3.8, 4) is 11.8 Å². The van der Waals surface area contributed by atoms with Crippen LogP contribution in [0.3, 0.4) is 0 Å². The molecule has 0 N–H and O–H groups in total. The van der Waals surface area contributed by atoms with E-state index in [1.807, 2.05) is 55.5 Å². The smallest absolute Gasteiger partial charge is 0.229 e. The third-order valence-corrected chi connectivity index (χ3v) is 6.49. The van der Waals surface area contributed by atoms with Gasteiger partial charge in [0.1, 0.15) is 5.75 Å². The summed E-state index contributed by atoms with van der Waals surface area (Å²) >= 11 is 7.52. The fourth-order valence-corrected chi connectivity index (χ4v) is 4.92. The highest BCUT2D eigenvalue weighted by Crippen LogP contribution is 2.43. The number of allylic oxidation sites excluding steroid dienone is 1. The Morgan fingerprint density at radius 3 is 2.59 bits per heavy atom. The lowest BCUT2D eigenvalue weighted by Crippen LogP contribution is -2.47. The van der Waals surface area contributed by atoms with Crippen molar-refractivity contribution in [1.82, 2.24) is 4.90 Å². The molecule has 0 aromatic heterocycles. The Balaban J connectivity index is 1.61. The summed E-state index contributed by atoms with van der Waals surface area (Å²) in [5.41, 5.74) is 2.63. The van der Waals surface area contributed by atoms with E-state index in [1.165, 1.54) is 11.8 Å². The molecule has 2 aliphatic heterocycles. The predicted octanol–water partition coefficient (Wildman–Crippen LogP) is 4.96. The van der Waals surface area contributed by atoms with Gasteiger partial charge in [-0.25, -0.2) is 0 Å². The molecule has 2 aromatic carbocycles. The first-order chi connectivity index (χ1) is 14.1. The van der Waals surface area contributed by atoms with Crippen molar-refractivity contribution in [3.05, 3.63) is 69.7 Å². The molecule has 1 amide bonds. The number of thioether (sulfide) groups is 1. The minimum absolute atomic E-state index is 0.0315. The zero-order valence-corrected chi connectivity index (χ0v) is 17.5. The van der Waals surface area contributed by atoms with Crippen LogP contribution in [-0.2, 0) is 4.79 Å². The maximum Gasteiger partial charge on any atom is 0.229 e. The topological polar surface area (TPSA) is 56.6 Å². The summed E-state index contributed by atoms with van der Waals surface area (Å²) < 4.78 is 5.50. The lowest BCUT2D eigenvalue weighted by atomic mass is 9.86. The summed E-state index contributed by atoms with van der Waals surface area (Å²) in [6.45, 7) is 2.97. The van der Waals surface area contributed by atoms with Crippen molar-refractivity contribution in [2.24, 2.45) is 0 Å². The second-order valence-electron chi connectivity index (χ2n) is 6.84. The summed E-state index contributed by atoms with van der Waals surface area (Å²) in [6, 6.07) is 17.6. The third kappa shape index (κ3) is 3.93. The summed E-state index contributed by atoms with van der Waals surface area (Å²) in [7, 11) is 0. The molecular weight excluding hydrogens is 406 g/mol. The second kappa shape index (κ2) is 8.40. The predicted molar refractivity (Wildman–Crippen MR) is 116 cm³/mol. The standard InChI is InChI=1S/C22H20ClN3O2S/c1-2-28-18-9-3-15(4-10-18)19-11-21(27)26-13-25(14-29-22(26)20(19)12-24)17-7-5-16(23)6-8-17/h3-10,19H,2,11,13-14H2,1H3/t19-/m0/s1. The number of rotatable bonds is 4. The van der Waals surface area contributed by atoms with Crippen LogP contribution in [0.25, 0.3) is 0 Å². The van der Waals surface area contributed by atoms with E-state index >= 15 is 0 Å². The fourth-order valence-electron chi connectivity index (χ4n) is 3.63. The van der Waals surface area contributed by atoms with E-state index in [9.17, 15) is 10.1 Å². The molecule has 2 heterocycles. The van der Waals surface area contributed by atoms with Crippen LogP contribution < -0.4 is 9.64 Å². The van der Waals surface area contributed by atoms with Gasteiger partial charge >= 0.3 is 0 Å². The molecule has 0 bridgehead atoms. The van der Waals surface area contributed by atoms with Crippen molar-refractivity contribution in [3.63, 3.8) is 0 Å². The average Bonchev–Trinajstić information content (AvgIpc) is 2.75. The van der Waals surface area contributed by atoms with Gasteiger partial charge in [-0.05, 0) is 48.9 Å². The molecule has 1 saturated heterocycles. The van der Waals surface area contributed by atoms with E-state index in [1.54, 1.807) is 4.90 Å². The number of anilines is 1. The molecule has 2 aliphatic rings. The van der Waals surface area contributed by atoms with Gasteiger partial charge in [0.15, 0.2) is 0 Å². The molecule has 0 spiro atoms. The number of carbonyl (C=O) groups excluding carboxylic acids is 1. The molecule has 0 aliphatic carbocycles. The molecular formula is C22H20ClN3O2S. The normalized spacial score (nSPS) is 19.1. The van der Waals surface area contributed by atoms with Crippen LogP contribution in [0.1, 0.15) is 24.8 Å². The van der Waals surface area contributed by atoms with Gasteiger partial charge in [-0.2, -0.15) is 5.26 Å². The molecule has 4 rings (SSSR count). The molecule has 2 aromatic rings. The minimum Gasteiger partial charge on any atom is -0.494 e. The van der Waals surface area contributed by atoms with E-state index in [0.717, 1.165) is 22.0 Å². The number of hydrogen-bond donors (Lipinski definition) is 0. The molecule has 5 nitrogen and oxygen atoms in total. The Bertz CT molecular complexity index is 983. The Hall–Kier alpha value is -2.62. The first-order valence-electron chi connectivity index (χ1n) is 9.41. The first-order valence-corrected chi connectivity index (χ1v) is 10.8. The van der Waals surface area contributed by atoms with Crippen LogP contribution in [0.4, 0.5) is 5.69 Å². The van der Waals surface area contributed by atoms with Crippen LogP contribution in [0.5, 0.6) is 5.75 Å². The lowest BCUT2D eigenvalue weighted by molar-refractivity contribution is -0.129. The molecule has 148 valence electrons. The summed E-state index contributed by atoms with van der Waals surface area (Å²) in [6.07, 6.45) is 0.287. The summed E-state index contributed by atoms with van der Waals surface area (Å²) in [4.78, 5) is 16.8. The number of amides is 1. The molecule has 0 saturated carbocycles. The minimum atomic E-state index is -0.219. The lowest BCUT2D eigenvalue weighted by Gasteiger charge is -2.42. The Morgan fingerprint density at radius 1 is 1.21 bits per heavy atom. The quantitative estimate of drug-likeness (QED) is 0.693. The van der Waals surface area contributed by atoms with Gasteiger partial charge in [0.25, 0.3) is 0 Å². The van der Waals surface area contributed by atoms with Gasteiger partial charge in [0.05, 0.1) is 35.8 Å². The van der Waals surface area contributed by atoms with Crippen molar-refractivity contribution >= 4 is 35.0 Å². The van der Waals surface area contributed by atoms with E-state index < -0.39 is 0 Å². The number of halogens is 1. The van der Waals surface area contributed by atoms with Gasteiger partial charge in [-0.15, -0.1) is 0 Å². The Labute approximate surface area is 179 Å². The maximum absolute atomic E-state index is 13.0. The van der Waals surface area contributed by atoms with E-state index in [4.69, 9.17) is 16.3 Å². The van der Waals surface area contributed by atoms with Crippen LogP contribution in [0.2, 0.25) is 5.02 Å². The number of ether oxygens (including phenoxy) is 1. The first kappa shape index (κ1) is 19.7. The Morgan fingerprint density at radius 2 is 1.93 bits per heavy atom. The molecule has 7 heteroatoms. The van der Waals surface area contributed by atoms with Crippen molar-refractivity contribution in [1.29, 1.82) is 5.26 Å². The number of hydrogen-bond acceptors (Lipinski definition) is 5. The highest BCUT2D eigenvalue weighted by Gasteiger charge is 2.38. The van der Waals surface area contributed by atoms with Gasteiger partial charge in [0.2, 0.25) is 5.91 Å². The molecule has 0 radical (unpaired) electrons. The van der Waals surface area contributed by atoms with E-state index in [2.05, 4.69) is 11.0 Å². The number of nitrogens with zero attached hydrogens (tertiary/aromatic N) is 3. The SMILES string of the molecule is CCOc1ccc([C@@H]2CC(=O)N3CN(c4ccc(Cl)cc4)CSC3=C2C#N)cc1. The highest BCUT2D eigenvalue weighted by molar-refractivity contribution is 8.03. The van der Waals surface area contributed by atoms with Gasteiger partial charge in [-0.1, -0.05) is 35.5 Å². The van der Waals surface area contributed by atoms with Crippen molar-refractivity contribution in [2.75, 3.05) is 24.1 Å². The maximum atomic E-state index is 13.0. The molecule has 1 fully saturated rings. The summed E-state index contributed by atoms with van der Waals surface area (Å²) in [5.74, 6) is 1.27. The van der Waals surface area contributed by atoms with Gasteiger partial charge in [0, 0.05) is 23.0 Å². The number of fused-ring (bicyclic) bond motifs is 1.